The summed E-state index contributed by atoms with van der Waals surface area (Å²) in [5.74, 6) is 1.60. The first-order chi connectivity index (χ1) is 9.36. The summed E-state index contributed by atoms with van der Waals surface area (Å²) < 4.78 is 5.21. The maximum absolute atomic E-state index is 5.21. The van der Waals surface area contributed by atoms with Gasteiger partial charge < -0.3 is 9.84 Å². The SMILES string of the molecule is CCc1nc(CN2CCCCC2C2CCCN2)no1. The molecule has 5 heteroatoms. The van der Waals surface area contributed by atoms with Crippen molar-refractivity contribution >= 4 is 0 Å². The van der Waals surface area contributed by atoms with Crippen molar-refractivity contribution in [3.63, 3.8) is 0 Å². The average molecular weight is 264 g/mol. The number of nitrogens with zero attached hydrogens (tertiary/aromatic N) is 3. The lowest BCUT2D eigenvalue weighted by Gasteiger charge is -2.38. The van der Waals surface area contributed by atoms with Crippen LogP contribution in [0.15, 0.2) is 4.52 Å². The average Bonchev–Trinajstić information content (AvgIpc) is 3.10. The largest absolute Gasteiger partial charge is 0.339 e. The van der Waals surface area contributed by atoms with Gasteiger partial charge in [-0.3, -0.25) is 4.90 Å². The molecule has 0 aliphatic carbocycles. The molecule has 5 nitrogen and oxygen atoms in total. The van der Waals surface area contributed by atoms with Crippen LogP contribution in [0.5, 0.6) is 0 Å². The Bertz CT molecular complexity index is 400. The van der Waals surface area contributed by atoms with Gasteiger partial charge in [0.15, 0.2) is 5.82 Å². The smallest absolute Gasteiger partial charge is 0.226 e. The van der Waals surface area contributed by atoms with Gasteiger partial charge in [-0.05, 0) is 38.8 Å². The fourth-order valence-corrected chi connectivity index (χ4v) is 3.39. The van der Waals surface area contributed by atoms with Gasteiger partial charge >= 0.3 is 0 Å². The van der Waals surface area contributed by atoms with Crippen LogP contribution in [0.3, 0.4) is 0 Å². The van der Waals surface area contributed by atoms with Crippen LogP contribution < -0.4 is 5.32 Å². The molecular formula is C14H24N4O. The molecule has 2 unspecified atom stereocenters. The number of hydrogen-bond donors (Lipinski definition) is 1. The molecule has 0 spiro atoms. The molecule has 1 aromatic rings. The fraction of sp³-hybridized carbons (Fsp3) is 0.857. The van der Waals surface area contributed by atoms with Gasteiger partial charge in [0, 0.05) is 18.5 Å². The van der Waals surface area contributed by atoms with Crippen LogP contribution in [-0.4, -0.2) is 40.2 Å². The van der Waals surface area contributed by atoms with E-state index in [2.05, 4.69) is 20.4 Å². The molecule has 2 aliphatic rings. The Morgan fingerprint density at radius 1 is 1.32 bits per heavy atom. The summed E-state index contributed by atoms with van der Waals surface area (Å²) in [6.07, 6.45) is 7.40. The number of rotatable bonds is 4. The second-order valence-corrected chi connectivity index (χ2v) is 5.69. The van der Waals surface area contributed by atoms with Crippen molar-refractivity contribution in [1.29, 1.82) is 0 Å². The highest BCUT2D eigenvalue weighted by molar-refractivity contribution is 4.94. The number of hydrogen-bond acceptors (Lipinski definition) is 5. The van der Waals surface area contributed by atoms with E-state index in [1.165, 1.54) is 45.2 Å². The van der Waals surface area contributed by atoms with Gasteiger partial charge in [-0.15, -0.1) is 0 Å². The second-order valence-electron chi connectivity index (χ2n) is 5.69. The van der Waals surface area contributed by atoms with Gasteiger partial charge in [-0.1, -0.05) is 18.5 Å². The first-order valence-electron chi connectivity index (χ1n) is 7.65. The predicted octanol–water partition coefficient (Wildman–Crippen LogP) is 1.74. The molecule has 2 saturated heterocycles. The second kappa shape index (κ2) is 6.01. The standard InChI is InChI=1S/C14H24N4O/c1-2-14-16-13(17-19-14)10-18-9-4-3-7-12(18)11-6-5-8-15-11/h11-12,15H,2-10H2,1H3. The summed E-state index contributed by atoms with van der Waals surface area (Å²) in [4.78, 5) is 7.00. The summed E-state index contributed by atoms with van der Waals surface area (Å²) in [6.45, 7) is 5.23. The lowest BCUT2D eigenvalue weighted by Crippen LogP contribution is -2.49. The summed E-state index contributed by atoms with van der Waals surface area (Å²) in [5.41, 5.74) is 0. The van der Waals surface area contributed by atoms with E-state index in [1.807, 2.05) is 6.92 Å². The van der Waals surface area contributed by atoms with Gasteiger partial charge in [0.2, 0.25) is 5.89 Å². The summed E-state index contributed by atoms with van der Waals surface area (Å²) in [7, 11) is 0. The highest BCUT2D eigenvalue weighted by atomic mass is 16.5. The summed E-state index contributed by atoms with van der Waals surface area (Å²) in [5, 5.41) is 7.75. The zero-order valence-corrected chi connectivity index (χ0v) is 11.8. The lowest BCUT2D eigenvalue weighted by atomic mass is 9.94. The van der Waals surface area contributed by atoms with E-state index < -0.39 is 0 Å². The minimum atomic E-state index is 0.653. The highest BCUT2D eigenvalue weighted by Crippen LogP contribution is 2.25. The van der Waals surface area contributed by atoms with Crippen molar-refractivity contribution in [2.45, 2.75) is 64.1 Å². The van der Waals surface area contributed by atoms with Crippen LogP contribution >= 0.6 is 0 Å². The molecule has 0 aromatic carbocycles. The normalized spacial score (nSPS) is 28.9. The van der Waals surface area contributed by atoms with Crippen LogP contribution in [0.4, 0.5) is 0 Å². The minimum absolute atomic E-state index is 0.653. The van der Waals surface area contributed by atoms with Gasteiger partial charge in [0.1, 0.15) is 0 Å². The zero-order valence-electron chi connectivity index (χ0n) is 11.8. The summed E-state index contributed by atoms with van der Waals surface area (Å²) in [6, 6.07) is 1.32. The Hall–Kier alpha value is -0.940. The zero-order chi connectivity index (χ0) is 13.1. The van der Waals surface area contributed by atoms with Crippen LogP contribution in [0, 0.1) is 0 Å². The third-order valence-corrected chi connectivity index (χ3v) is 4.38. The number of piperidine rings is 1. The fourth-order valence-electron chi connectivity index (χ4n) is 3.39. The number of aromatic nitrogens is 2. The van der Waals surface area contributed by atoms with Crippen LogP contribution in [0.2, 0.25) is 0 Å². The van der Waals surface area contributed by atoms with E-state index in [-0.39, 0.29) is 0 Å². The molecule has 106 valence electrons. The van der Waals surface area contributed by atoms with Gasteiger partial charge in [-0.25, -0.2) is 0 Å². The minimum Gasteiger partial charge on any atom is -0.339 e. The van der Waals surface area contributed by atoms with Crippen molar-refractivity contribution in [2.75, 3.05) is 13.1 Å². The Labute approximate surface area is 114 Å². The van der Waals surface area contributed by atoms with Gasteiger partial charge in [0.25, 0.3) is 0 Å². The lowest BCUT2D eigenvalue weighted by molar-refractivity contribution is 0.108. The van der Waals surface area contributed by atoms with Crippen molar-refractivity contribution in [2.24, 2.45) is 0 Å². The van der Waals surface area contributed by atoms with E-state index in [4.69, 9.17) is 4.52 Å². The third-order valence-electron chi connectivity index (χ3n) is 4.38. The van der Waals surface area contributed by atoms with Crippen molar-refractivity contribution in [3.05, 3.63) is 11.7 Å². The Balaban J connectivity index is 1.65. The monoisotopic (exact) mass is 264 g/mol. The van der Waals surface area contributed by atoms with E-state index in [9.17, 15) is 0 Å². The Morgan fingerprint density at radius 3 is 3.00 bits per heavy atom. The molecule has 2 atom stereocenters. The topological polar surface area (TPSA) is 54.2 Å². The third kappa shape index (κ3) is 2.98. The van der Waals surface area contributed by atoms with Gasteiger partial charge in [0.05, 0.1) is 6.54 Å². The Kier molecular flexibility index (Phi) is 4.13. The molecule has 3 rings (SSSR count). The molecule has 3 heterocycles. The van der Waals surface area contributed by atoms with E-state index >= 15 is 0 Å². The quantitative estimate of drug-likeness (QED) is 0.897. The van der Waals surface area contributed by atoms with Crippen molar-refractivity contribution < 1.29 is 4.52 Å². The van der Waals surface area contributed by atoms with E-state index in [0.29, 0.717) is 12.1 Å². The van der Waals surface area contributed by atoms with Crippen LogP contribution in [0.25, 0.3) is 0 Å². The molecule has 0 bridgehead atoms. The molecular weight excluding hydrogens is 240 g/mol. The molecule has 2 aliphatic heterocycles. The van der Waals surface area contributed by atoms with E-state index in [1.54, 1.807) is 0 Å². The Morgan fingerprint density at radius 2 is 2.26 bits per heavy atom. The van der Waals surface area contributed by atoms with E-state index in [0.717, 1.165) is 24.7 Å². The first kappa shape index (κ1) is 13.1. The maximum Gasteiger partial charge on any atom is 0.226 e. The molecule has 0 radical (unpaired) electrons. The molecule has 2 fully saturated rings. The molecule has 0 saturated carbocycles. The predicted molar refractivity (Wildman–Crippen MR) is 72.7 cm³/mol. The number of nitrogens with one attached hydrogen (secondary N) is 1. The van der Waals surface area contributed by atoms with Crippen LogP contribution in [-0.2, 0) is 13.0 Å². The number of aryl methyl sites for hydroxylation is 1. The molecule has 1 N–H and O–H groups in total. The van der Waals surface area contributed by atoms with Gasteiger partial charge in [-0.2, -0.15) is 4.98 Å². The molecule has 1 aromatic heterocycles. The summed E-state index contributed by atoms with van der Waals surface area (Å²) >= 11 is 0. The molecule has 0 amide bonds. The number of likely N-dealkylation sites (tertiary alicyclic amines) is 1. The molecule has 19 heavy (non-hydrogen) atoms. The van der Waals surface area contributed by atoms with Crippen molar-refractivity contribution in [1.82, 2.24) is 20.4 Å². The maximum atomic E-state index is 5.21. The first-order valence-corrected chi connectivity index (χ1v) is 7.65. The van der Waals surface area contributed by atoms with Crippen molar-refractivity contribution in [3.8, 4) is 0 Å². The highest BCUT2D eigenvalue weighted by Gasteiger charge is 2.32. The van der Waals surface area contributed by atoms with Crippen LogP contribution in [0.1, 0.15) is 50.7 Å².